The molecule has 2 aromatic rings. The third-order valence-corrected chi connectivity index (χ3v) is 4.46. The molecule has 0 amide bonds. The van der Waals surface area contributed by atoms with Gasteiger partial charge in [-0.1, -0.05) is 0 Å². The molecule has 1 saturated heterocycles. The number of rotatable bonds is 3. The second kappa shape index (κ2) is 6.48. The van der Waals surface area contributed by atoms with Crippen molar-refractivity contribution >= 4 is 18.2 Å². The van der Waals surface area contributed by atoms with Gasteiger partial charge in [0.2, 0.25) is 16.5 Å². The molecule has 1 aliphatic heterocycles. The standard InChI is InChI=1S/C13H16F3N7S/c1-20-10(13(14,15)16)19-23(12(20)24)9-21-5-7-22(8-6-21)11-17-3-2-4-18-11/h2-4H,5-9H2,1H3/p+1. The first-order valence-electron chi connectivity index (χ1n) is 7.43. The predicted molar refractivity (Wildman–Crippen MR) is 82.0 cm³/mol. The summed E-state index contributed by atoms with van der Waals surface area (Å²) in [6.07, 6.45) is -1.13. The third-order valence-electron chi connectivity index (χ3n) is 3.97. The lowest BCUT2D eigenvalue weighted by Crippen LogP contribution is -3.14. The molecule has 0 radical (unpaired) electrons. The highest BCUT2D eigenvalue weighted by molar-refractivity contribution is 7.71. The van der Waals surface area contributed by atoms with Crippen molar-refractivity contribution in [2.24, 2.45) is 7.05 Å². The number of halogens is 3. The van der Waals surface area contributed by atoms with Gasteiger partial charge in [0, 0.05) is 19.4 Å². The van der Waals surface area contributed by atoms with Crippen LogP contribution in [0.1, 0.15) is 5.82 Å². The SMILES string of the molecule is Cn1c(C(F)(F)F)nn(C[NH+]2CCN(c3ncccn3)CC2)c1=S. The molecule has 0 spiro atoms. The summed E-state index contributed by atoms with van der Waals surface area (Å²) in [6, 6.07) is 1.76. The van der Waals surface area contributed by atoms with E-state index in [2.05, 4.69) is 20.0 Å². The van der Waals surface area contributed by atoms with Crippen LogP contribution in [-0.2, 0) is 19.9 Å². The molecule has 130 valence electrons. The van der Waals surface area contributed by atoms with Gasteiger partial charge in [-0.2, -0.15) is 17.9 Å². The minimum atomic E-state index is -4.51. The molecule has 0 aromatic carbocycles. The van der Waals surface area contributed by atoms with E-state index >= 15 is 0 Å². The first-order chi connectivity index (χ1) is 11.4. The highest BCUT2D eigenvalue weighted by Gasteiger charge is 2.37. The Morgan fingerprint density at radius 2 is 1.83 bits per heavy atom. The molecule has 7 nitrogen and oxygen atoms in total. The molecule has 0 bridgehead atoms. The zero-order valence-electron chi connectivity index (χ0n) is 13.0. The van der Waals surface area contributed by atoms with Gasteiger partial charge in [-0.05, 0) is 18.3 Å². The Bertz CT molecular complexity index is 747. The van der Waals surface area contributed by atoms with Gasteiger partial charge in [0.15, 0.2) is 6.67 Å². The van der Waals surface area contributed by atoms with Crippen molar-refractivity contribution in [3.8, 4) is 0 Å². The average Bonchev–Trinajstić information content (AvgIpc) is 2.85. The minimum absolute atomic E-state index is 0.0728. The molecule has 1 aliphatic rings. The molecular weight excluding hydrogens is 343 g/mol. The number of nitrogens with one attached hydrogen (secondary N) is 1. The largest absolute Gasteiger partial charge is 0.451 e. The lowest BCUT2D eigenvalue weighted by Gasteiger charge is -2.31. The molecule has 3 rings (SSSR count). The Morgan fingerprint density at radius 1 is 1.21 bits per heavy atom. The number of piperazine rings is 1. The lowest BCUT2D eigenvalue weighted by atomic mass is 10.3. The smallest absolute Gasteiger partial charge is 0.330 e. The minimum Gasteiger partial charge on any atom is -0.330 e. The molecule has 2 aromatic heterocycles. The van der Waals surface area contributed by atoms with E-state index in [-0.39, 0.29) is 4.77 Å². The average molecular weight is 360 g/mol. The number of nitrogens with zero attached hydrogens (tertiary/aromatic N) is 6. The molecule has 0 atom stereocenters. The van der Waals surface area contributed by atoms with Gasteiger partial charge in [0.05, 0.1) is 26.2 Å². The molecule has 0 aliphatic carbocycles. The van der Waals surface area contributed by atoms with E-state index in [1.54, 1.807) is 18.5 Å². The highest BCUT2D eigenvalue weighted by atomic mass is 32.1. The number of anilines is 1. The van der Waals surface area contributed by atoms with Gasteiger partial charge >= 0.3 is 6.18 Å². The van der Waals surface area contributed by atoms with Crippen molar-refractivity contribution in [2.45, 2.75) is 12.8 Å². The summed E-state index contributed by atoms with van der Waals surface area (Å²) >= 11 is 5.07. The van der Waals surface area contributed by atoms with E-state index in [1.807, 2.05) is 0 Å². The van der Waals surface area contributed by atoms with Crippen LogP contribution in [0.2, 0.25) is 0 Å². The van der Waals surface area contributed by atoms with Gasteiger partial charge in [0.25, 0.3) is 0 Å². The lowest BCUT2D eigenvalue weighted by molar-refractivity contribution is -0.924. The van der Waals surface area contributed by atoms with Gasteiger partial charge < -0.3 is 9.80 Å². The third kappa shape index (κ3) is 3.41. The molecular formula is C13H17F3N7S+. The van der Waals surface area contributed by atoms with Crippen LogP contribution in [0.3, 0.4) is 0 Å². The maximum absolute atomic E-state index is 12.9. The van der Waals surface area contributed by atoms with Crippen LogP contribution in [0.25, 0.3) is 0 Å². The zero-order chi connectivity index (χ0) is 17.3. The van der Waals surface area contributed by atoms with Crippen molar-refractivity contribution in [3.05, 3.63) is 29.1 Å². The summed E-state index contributed by atoms with van der Waals surface area (Å²) in [4.78, 5) is 11.6. The Hall–Kier alpha value is -2.01. The molecule has 0 saturated carbocycles. The first-order valence-corrected chi connectivity index (χ1v) is 7.83. The van der Waals surface area contributed by atoms with Crippen molar-refractivity contribution < 1.29 is 18.1 Å². The zero-order valence-corrected chi connectivity index (χ0v) is 13.8. The fourth-order valence-corrected chi connectivity index (χ4v) is 2.88. The number of quaternary nitrogens is 1. The van der Waals surface area contributed by atoms with Crippen LogP contribution in [0.4, 0.5) is 19.1 Å². The van der Waals surface area contributed by atoms with Crippen LogP contribution in [0.15, 0.2) is 18.5 Å². The quantitative estimate of drug-likeness (QED) is 0.789. The number of alkyl halides is 3. The highest BCUT2D eigenvalue weighted by Crippen LogP contribution is 2.27. The molecule has 3 heterocycles. The molecule has 24 heavy (non-hydrogen) atoms. The van der Waals surface area contributed by atoms with Gasteiger partial charge in [-0.3, -0.25) is 4.57 Å². The molecule has 1 N–H and O–H groups in total. The Labute approximate surface area is 141 Å². The van der Waals surface area contributed by atoms with Crippen LogP contribution >= 0.6 is 12.2 Å². The van der Waals surface area contributed by atoms with Crippen molar-refractivity contribution in [1.82, 2.24) is 24.3 Å². The maximum Gasteiger partial charge on any atom is 0.451 e. The number of hydrogen-bond donors (Lipinski definition) is 1. The summed E-state index contributed by atoms with van der Waals surface area (Å²) in [5, 5.41) is 3.64. The van der Waals surface area contributed by atoms with Crippen molar-refractivity contribution in [2.75, 3.05) is 31.1 Å². The summed E-state index contributed by atoms with van der Waals surface area (Å²) in [7, 11) is 1.29. The van der Waals surface area contributed by atoms with Gasteiger partial charge in [-0.25, -0.2) is 9.97 Å². The number of hydrogen-bond acceptors (Lipinski definition) is 5. The van der Waals surface area contributed by atoms with Crippen molar-refractivity contribution in [3.63, 3.8) is 0 Å². The maximum atomic E-state index is 12.9. The van der Waals surface area contributed by atoms with Crippen LogP contribution in [0, 0.1) is 4.77 Å². The fraction of sp³-hybridized carbons (Fsp3) is 0.538. The summed E-state index contributed by atoms with van der Waals surface area (Å²) in [6.45, 7) is 3.26. The van der Waals surface area contributed by atoms with E-state index < -0.39 is 12.0 Å². The predicted octanol–water partition coefficient (Wildman–Crippen LogP) is 0.122. The van der Waals surface area contributed by atoms with E-state index in [0.29, 0.717) is 12.6 Å². The van der Waals surface area contributed by atoms with E-state index in [1.165, 1.54) is 11.7 Å². The van der Waals surface area contributed by atoms with E-state index in [4.69, 9.17) is 12.2 Å². The monoisotopic (exact) mass is 360 g/mol. The second-order valence-corrected chi connectivity index (χ2v) is 5.97. The summed E-state index contributed by atoms with van der Waals surface area (Å²) in [5.41, 5.74) is 0. The van der Waals surface area contributed by atoms with E-state index in [0.717, 1.165) is 35.6 Å². The summed E-state index contributed by atoms with van der Waals surface area (Å²) < 4.78 is 40.9. The van der Waals surface area contributed by atoms with Crippen LogP contribution < -0.4 is 9.80 Å². The molecule has 0 unspecified atom stereocenters. The second-order valence-electron chi connectivity index (χ2n) is 5.61. The topological polar surface area (TPSA) is 56.2 Å². The van der Waals surface area contributed by atoms with Crippen LogP contribution in [-0.4, -0.2) is 50.5 Å². The Balaban J connectivity index is 1.66. The fourth-order valence-electron chi connectivity index (χ4n) is 2.69. The Kier molecular flexibility index (Phi) is 4.54. The number of aromatic nitrogens is 5. The van der Waals surface area contributed by atoms with Gasteiger partial charge in [0.1, 0.15) is 0 Å². The molecule has 1 fully saturated rings. The van der Waals surface area contributed by atoms with Crippen molar-refractivity contribution in [1.29, 1.82) is 0 Å². The normalized spacial score (nSPS) is 16.6. The van der Waals surface area contributed by atoms with Crippen LogP contribution in [0.5, 0.6) is 0 Å². The molecule has 11 heteroatoms. The van der Waals surface area contributed by atoms with E-state index in [9.17, 15) is 13.2 Å². The summed E-state index contributed by atoms with van der Waals surface area (Å²) in [5.74, 6) is -0.298. The first kappa shape index (κ1) is 16.8. The van der Waals surface area contributed by atoms with Gasteiger partial charge in [-0.15, -0.1) is 5.10 Å². The Morgan fingerprint density at radius 3 is 2.38 bits per heavy atom.